The normalized spacial score (nSPS) is 10.7. The number of hydrogen-bond acceptors (Lipinski definition) is 2. The highest BCUT2D eigenvalue weighted by Crippen LogP contribution is 2.25. The second-order valence-electron chi connectivity index (χ2n) is 2.12. The molecule has 0 aliphatic heterocycles. The number of hydrogen-bond donors (Lipinski definition) is 2. The summed E-state index contributed by atoms with van der Waals surface area (Å²) in [6, 6.07) is 0.808. The van der Waals surface area contributed by atoms with E-state index in [0.29, 0.717) is 0 Å². The Bertz CT molecular complexity index is 350. The van der Waals surface area contributed by atoms with Crippen LogP contribution in [-0.2, 0) is 0 Å². The van der Waals surface area contributed by atoms with Crippen molar-refractivity contribution in [1.82, 2.24) is 4.98 Å². The van der Waals surface area contributed by atoms with Crippen LogP contribution in [0.2, 0.25) is 0 Å². The molecule has 0 aliphatic carbocycles. The van der Waals surface area contributed by atoms with E-state index in [9.17, 15) is 13.6 Å². The van der Waals surface area contributed by atoms with Crippen molar-refractivity contribution in [3.63, 3.8) is 0 Å². The van der Waals surface area contributed by atoms with Gasteiger partial charge in [-0.3, -0.25) is 4.79 Å². The Hall–Kier alpha value is -0.660. The Morgan fingerprint density at radius 2 is 2.17 bits per heavy atom. The average Bonchev–Trinajstić information content (AvgIpc) is 1.96. The van der Waals surface area contributed by atoms with Crippen molar-refractivity contribution in [2.24, 2.45) is 0 Å². The maximum atomic E-state index is 12.2. The predicted molar refractivity (Wildman–Crippen MR) is 49.1 cm³/mol. The molecule has 0 saturated carbocycles. The zero-order chi connectivity index (χ0) is 9.30. The van der Waals surface area contributed by atoms with E-state index in [1.165, 1.54) is 0 Å². The van der Waals surface area contributed by atoms with E-state index < -0.39 is 17.5 Å². The van der Waals surface area contributed by atoms with Crippen molar-refractivity contribution < 1.29 is 8.78 Å². The number of nitrogens with two attached hydrogens (primary N) is 1. The molecule has 0 aliphatic rings. The number of nitrogens with one attached hydrogen (secondary N) is 1. The summed E-state index contributed by atoms with van der Waals surface area (Å²) in [6.45, 7) is 0. The van der Waals surface area contributed by atoms with Crippen molar-refractivity contribution in [3.05, 3.63) is 25.7 Å². The topological polar surface area (TPSA) is 58.9 Å². The second kappa shape index (κ2) is 3.38. The second-order valence-corrected chi connectivity index (χ2v) is 3.20. The minimum absolute atomic E-state index is 0.0646. The molecule has 0 saturated heterocycles. The maximum Gasteiger partial charge on any atom is 0.266 e. The highest BCUT2D eigenvalue weighted by Gasteiger charge is 2.14. The van der Waals surface area contributed by atoms with Gasteiger partial charge in [-0.25, -0.2) is 8.78 Å². The van der Waals surface area contributed by atoms with E-state index in [2.05, 4.69) is 4.98 Å². The van der Waals surface area contributed by atoms with E-state index >= 15 is 0 Å². The summed E-state index contributed by atoms with van der Waals surface area (Å²) in [5, 5.41) is 0. The van der Waals surface area contributed by atoms with Crippen LogP contribution in [0, 0.1) is 3.70 Å². The lowest BCUT2D eigenvalue weighted by Gasteiger charge is -2.04. The fourth-order valence-corrected chi connectivity index (χ4v) is 1.32. The minimum atomic E-state index is -2.71. The van der Waals surface area contributed by atoms with Crippen molar-refractivity contribution in [2.45, 2.75) is 6.43 Å². The van der Waals surface area contributed by atoms with E-state index in [0.717, 1.165) is 6.07 Å². The Labute approximate surface area is 80.1 Å². The highest BCUT2D eigenvalue weighted by atomic mass is 127. The third kappa shape index (κ3) is 1.74. The molecule has 12 heavy (non-hydrogen) atoms. The summed E-state index contributed by atoms with van der Waals surface area (Å²) in [6.07, 6.45) is -2.71. The molecule has 1 aromatic rings. The molecule has 0 unspecified atom stereocenters. The lowest BCUT2D eigenvalue weighted by Crippen LogP contribution is -2.11. The number of H-pyrrole nitrogens is 1. The van der Waals surface area contributed by atoms with Gasteiger partial charge in [-0.1, -0.05) is 0 Å². The Morgan fingerprint density at radius 3 is 2.67 bits per heavy atom. The fourth-order valence-electron chi connectivity index (χ4n) is 0.738. The number of nitrogen functional groups attached to an aromatic ring is 1. The van der Waals surface area contributed by atoms with Crippen molar-refractivity contribution in [1.29, 1.82) is 0 Å². The summed E-state index contributed by atoms with van der Waals surface area (Å²) in [5.74, 6) is 0. The highest BCUT2D eigenvalue weighted by molar-refractivity contribution is 14.1. The molecule has 0 spiro atoms. The van der Waals surface area contributed by atoms with E-state index in [-0.39, 0.29) is 9.39 Å². The number of halogens is 3. The largest absolute Gasteiger partial charge is 0.396 e. The van der Waals surface area contributed by atoms with E-state index in [1.54, 1.807) is 22.6 Å². The first-order chi connectivity index (χ1) is 5.52. The number of aromatic amines is 1. The summed E-state index contributed by atoms with van der Waals surface area (Å²) in [5.41, 5.74) is 4.25. The average molecular weight is 286 g/mol. The molecule has 66 valence electrons. The summed E-state index contributed by atoms with van der Waals surface area (Å²) >= 11 is 1.70. The number of aromatic nitrogens is 1. The third-order valence-electron chi connectivity index (χ3n) is 1.30. The predicted octanol–water partition coefficient (Wildman–Crippen LogP) is 1.50. The van der Waals surface area contributed by atoms with Gasteiger partial charge in [0.15, 0.2) is 0 Å². The first kappa shape index (κ1) is 9.43. The zero-order valence-corrected chi connectivity index (χ0v) is 7.93. The van der Waals surface area contributed by atoms with Crippen molar-refractivity contribution in [3.8, 4) is 0 Å². The Morgan fingerprint density at radius 1 is 1.58 bits per heavy atom. The molecule has 0 radical (unpaired) electrons. The molecule has 0 atom stereocenters. The molecule has 3 nitrogen and oxygen atoms in total. The molecule has 0 fully saturated rings. The van der Waals surface area contributed by atoms with Crippen LogP contribution in [0.1, 0.15) is 12.0 Å². The van der Waals surface area contributed by atoms with Crippen LogP contribution in [0.3, 0.4) is 0 Å². The zero-order valence-electron chi connectivity index (χ0n) is 5.77. The molecule has 0 amide bonds. The van der Waals surface area contributed by atoms with Gasteiger partial charge in [-0.15, -0.1) is 0 Å². The van der Waals surface area contributed by atoms with Gasteiger partial charge in [0.1, 0.15) is 3.70 Å². The van der Waals surface area contributed by atoms with Gasteiger partial charge < -0.3 is 10.7 Å². The lowest BCUT2D eigenvalue weighted by molar-refractivity contribution is 0.152. The molecular formula is C6H5F2IN2O. The number of anilines is 1. The molecule has 6 heteroatoms. The van der Waals surface area contributed by atoms with E-state index in [1.807, 2.05) is 0 Å². The summed E-state index contributed by atoms with van der Waals surface area (Å²) < 4.78 is 24.5. The van der Waals surface area contributed by atoms with Crippen LogP contribution >= 0.6 is 22.6 Å². The van der Waals surface area contributed by atoms with Crippen LogP contribution in [0.4, 0.5) is 14.5 Å². The SMILES string of the molecule is Nc1c(C(F)F)cc(=O)[nH]c1I. The summed E-state index contributed by atoms with van der Waals surface area (Å²) in [4.78, 5) is 13.0. The van der Waals surface area contributed by atoms with Gasteiger partial charge >= 0.3 is 0 Å². The van der Waals surface area contributed by atoms with Gasteiger partial charge in [-0.05, 0) is 22.6 Å². The minimum Gasteiger partial charge on any atom is -0.396 e. The first-order valence-electron chi connectivity index (χ1n) is 2.98. The van der Waals surface area contributed by atoms with Crippen molar-refractivity contribution >= 4 is 28.3 Å². The van der Waals surface area contributed by atoms with Crippen LogP contribution in [0.5, 0.6) is 0 Å². The van der Waals surface area contributed by atoms with Gasteiger partial charge in [0.25, 0.3) is 6.43 Å². The third-order valence-corrected chi connectivity index (χ3v) is 2.15. The molecule has 0 bridgehead atoms. The Balaban J connectivity index is 3.38. The number of alkyl halides is 2. The summed E-state index contributed by atoms with van der Waals surface area (Å²) in [7, 11) is 0. The molecule has 1 aromatic heterocycles. The molecule has 1 rings (SSSR count). The Kier molecular flexibility index (Phi) is 2.65. The monoisotopic (exact) mass is 286 g/mol. The lowest BCUT2D eigenvalue weighted by atomic mass is 10.2. The van der Waals surface area contributed by atoms with Crippen molar-refractivity contribution in [2.75, 3.05) is 5.73 Å². The van der Waals surface area contributed by atoms with Gasteiger partial charge in [0.05, 0.1) is 5.69 Å². The quantitative estimate of drug-likeness (QED) is 0.607. The smallest absolute Gasteiger partial charge is 0.266 e. The van der Waals surface area contributed by atoms with Crippen LogP contribution in [0.15, 0.2) is 10.9 Å². The molecule has 0 aromatic carbocycles. The van der Waals surface area contributed by atoms with Crippen LogP contribution in [0.25, 0.3) is 0 Å². The maximum absolute atomic E-state index is 12.2. The van der Waals surface area contributed by atoms with Crippen LogP contribution < -0.4 is 11.3 Å². The van der Waals surface area contributed by atoms with Gasteiger partial charge in [0.2, 0.25) is 5.56 Å². The fraction of sp³-hybridized carbons (Fsp3) is 0.167. The first-order valence-corrected chi connectivity index (χ1v) is 4.06. The molecule has 3 N–H and O–H groups in total. The number of pyridine rings is 1. The molecular weight excluding hydrogens is 281 g/mol. The van der Waals surface area contributed by atoms with Gasteiger partial charge in [-0.2, -0.15) is 0 Å². The van der Waals surface area contributed by atoms with Gasteiger partial charge in [0, 0.05) is 11.6 Å². The standard InChI is InChI=1S/C6H5F2IN2O/c7-5(8)2-1-3(12)11-6(9)4(2)10/h1,5H,10H2,(H,11,12). The van der Waals surface area contributed by atoms with Crippen LogP contribution in [-0.4, -0.2) is 4.98 Å². The van der Waals surface area contributed by atoms with E-state index in [4.69, 9.17) is 5.73 Å². The number of rotatable bonds is 1. The molecule has 1 heterocycles.